The molecule has 6 nitrogen and oxygen atoms in total. The van der Waals surface area contributed by atoms with Crippen molar-refractivity contribution in [3.8, 4) is 0 Å². The highest BCUT2D eigenvalue weighted by Gasteiger charge is 2.21. The van der Waals surface area contributed by atoms with Crippen LogP contribution in [-0.2, 0) is 4.74 Å². The molecule has 24 heavy (non-hydrogen) atoms. The van der Waals surface area contributed by atoms with Crippen LogP contribution >= 0.6 is 0 Å². The van der Waals surface area contributed by atoms with Gasteiger partial charge < -0.3 is 20.7 Å². The first-order valence-corrected chi connectivity index (χ1v) is 9.19. The highest BCUT2D eigenvalue weighted by Crippen LogP contribution is 2.17. The van der Waals surface area contributed by atoms with E-state index in [9.17, 15) is 9.59 Å². The number of carbonyl (C=O) groups excluding carboxylic acids is 2. The van der Waals surface area contributed by atoms with Gasteiger partial charge in [-0.25, -0.2) is 9.59 Å². The van der Waals surface area contributed by atoms with Crippen LogP contribution in [-0.4, -0.2) is 36.4 Å². The highest BCUT2D eigenvalue weighted by molar-refractivity contribution is 5.74. The first-order valence-electron chi connectivity index (χ1n) is 9.19. The van der Waals surface area contributed by atoms with Crippen molar-refractivity contribution in [1.82, 2.24) is 16.0 Å². The fourth-order valence-electron chi connectivity index (χ4n) is 2.94. The zero-order chi connectivity index (χ0) is 18.2. The van der Waals surface area contributed by atoms with Gasteiger partial charge in [-0.3, -0.25) is 0 Å². The van der Waals surface area contributed by atoms with Crippen LogP contribution in [0.2, 0.25) is 0 Å². The summed E-state index contributed by atoms with van der Waals surface area (Å²) in [5.74, 6) is 0.410. The topological polar surface area (TPSA) is 79.5 Å². The standard InChI is InChI=1S/C18H35N3O3/c1-13(2)11-15(21-17(23)24-18(3,4)5)12-19-16(22)20-14-9-7-6-8-10-14/h13-15H,6-12H2,1-5H3,(H,21,23)(H2,19,20,22)/t15-/m0/s1. The number of urea groups is 1. The molecule has 0 spiro atoms. The summed E-state index contributed by atoms with van der Waals surface area (Å²) in [4.78, 5) is 24.0. The molecule has 0 unspecified atom stereocenters. The van der Waals surface area contributed by atoms with E-state index in [-0.39, 0.29) is 18.1 Å². The van der Waals surface area contributed by atoms with Crippen LogP contribution in [0, 0.1) is 5.92 Å². The Morgan fingerprint density at radius 3 is 2.29 bits per heavy atom. The fourth-order valence-corrected chi connectivity index (χ4v) is 2.94. The van der Waals surface area contributed by atoms with E-state index >= 15 is 0 Å². The second kappa shape index (κ2) is 9.74. The smallest absolute Gasteiger partial charge is 0.407 e. The zero-order valence-corrected chi connectivity index (χ0v) is 15.9. The first-order chi connectivity index (χ1) is 11.2. The van der Waals surface area contributed by atoms with E-state index in [0.29, 0.717) is 12.5 Å². The molecule has 1 aliphatic carbocycles. The molecular weight excluding hydrogens is 306 g/mol. The molecular formula is C18H35N3O3. The zero-order valence-electron chi connectivity index (χ0n) is 15.9. The Balaban J connectivity index is 2.41. The van der Waals surface area contributed by atoms with E-state index in [1.54, 1.807) is 0 Å². The van der Waals surface area contributed by atoms with E-state index in [1.807, 2.05) is 20.8 Å². The van der Waals surface area contributed by atoms with Gasteiger partial charge in [-0.15, -0.1) is 0 Å². The Bertz CT molecular complexity index is 399. The van der Waals surface area contributed by atoms with Crippen LogP contribution < -0.4 is 16.0 Å². The van der Waals surface area contributed by atoms with Crippen LogP contribution in [0.5, 0.6) is 0 Å². The minimum Gasteiger partial charge on any atom is -0.444 e. The molecule has 0 radical (unpaired) electrons. The Morgan fingerprint density at radius 2 is 1.75 bits per heavy atom. The normalized spacial score (nSPS) is 17.2. The quantitative estimate of drug-likeness (QED) is 0.691. The van der Waals surface area contributed by atoms with Crippen molar-refractivity contribution in [3.63, 3.8) is 0 Å². The van der Waals surface area contributed by atoms with Gasteiger partial charge in [0.15, 0.2) is 0 Å². The minimum atomic E-state index is -0.530. The maximum atomic E-state index is 12.0. The van der Waals surface area contributed by atoms with Crippen molar-refractivity contribution in [2.45, 2.75) is 90.8 Å². The van der Waals surface area contributed by atoms with Crippen molar-refractivity contribution >= 4 is 12.1 Å². The third-order valence-electron chi connectivity index (χ3n) is 3.93. The molecule has 0 aromatic heterocycles. The third-order valence-corrected chi connectivity index (χ3v) is 3.93. The maximum Gasteiger partial charge on any atom is 0.407 e. The predicted molar refractivity (Wildman–Crippen MR) is 96.0 cm³/mol. The molecule has 0 saturated heterocycles. The van der Waals surface area contributed by atoms with Crippen LogP contribution in [0.1, 0.15) is 73.1 Å². The summed E-state index contributed by atoms with van der Waals surface area (Å²) < 4.78 is 5.30. The van der Waals surface area contributed by atoms with E-state index < -0.39 is 11.7 Å². The Kier molecular flexibility index (Phi) is 8.36. The molecule has 1 aliphatic rings. The summed E-state index contributed by atoms with van der Waals surface area (Å²) in [6, 6.07) is -0.0142. The van der Waals surface area contributed by atoms with Gasteiger partial charge in [0.1, 0.15) is 5.60 Å². The van der Waals surface area contributed by atoms with Gasteiger partial charge >= 0.3 is 12.1 Å². The molecule has 0 heterocycles. The molecule has 1 fully saturated rings. The molecule has 1 rings (SSSR count). The van der Waals surface area contributed by atoms with Gasteiger partial charge in [0.2, 0.25) is 0 Å². The lowest BCUT2D eigenvalue weighted by atomic mass is 9.96. The summed E-state index contributed by atoms with van der Waals surface area (Å²) in [5, 5.41) is 8.77. The number of amides is 3. The molecule has 1 saturated carbocycles. The summed E-state index contributed by atoms with van der Waals surface area (Å²) >= 11 is 0. The van der Waals surface area contributed by atoms with Gasteiger partial charge in [-0.1, -0.05) is 33.1 Å². The van der Waals surface area contributed by atoms with Crippen LogP contribution in [0.4, 0.5) is 9.59 Å². The molecule has 3 amide bonds. The minimum absolute atomic E-state index is 0.142. The molecule has 0 aromatic rings. The van der Waals surface area contributed by atoms with Crippen LogP contribution in [0.15, 0.2) is 0 Å². The largest absolute Gasteiger partial charge is 0.444 e. The van der Waals surface area contributed by atoms with E-state index in [2.05, 4.69) is 29.8 Å². The second-order valence-electron chi connectivity index (χ2n) is 8.16. The Labute approximate surface area is 146 Å². The number of hydrogen-bond donors (Lipinski definition) is 3. The van der Waals surface area contributed by atoms with Gasteiger partial charge in [-0.2, -0.15) is 0 Å². The average molecular weight is 341 g/mol. The summed E-state index contributed by atoms with van der Waals surface area (Å²) in [7, 11) is 0. The van der Waals surface area contributed by atoms with E-state index in [0.717, 1.165) is 19.3 Å². The lowest BCUT2D eigenvalue weighted by Crippen LogP contribution is -2.49. The second-order valence-corrected chi connectivity index (χ2v) is 8.16. The SMILES string of the molecule is CC(C)C[C@@H](CNC(=O)NC1CCCCC1)NC(=O)OC(C)(C)C. The molecule has 6 heteroatoms. The van der Waals surface area contributed by atoms with Gasteiger partial charge in [0.05, 0.1) is 0 Å². The van der Waals surface area contributed by atoms with Crippen molar-refractivity contribution in [2.75, 3.05) is 6.54 Å². The van der Waals surface area contributed by atoms with Crippen molar-refractivity contribution in [3.05, 3.63) is 0 Å². The average Bonchev–Trinajstić information content (AvgIpc) is 2.43. The number of ether oxygens (including phenoxy) is 1. The number of nitrogens with one attached hydrogen (secondary N) is 3. The van der Waals surface area contributed by atoms with Crippen LogP contribution in [0.25, 0.3) is 0 Å². The molecule has 1 atom stereocenters. The number of rotatable bonds is 6. The lowest BCUT2D eigenvalue weighted by molar-refractivity contribution is 0.0498. The van der Waals surface area contributed by atoms with Crippen molar-refractivity contribution in [2.24, 2.45) is 5.92 Å². The Morgan fingerprint density at radius 1 is 1.12 bits per heavy atom. The highest BCUT2D eigenvalue weighted by atomic mass is 16.6. The molecule has 0 aromatic carbocycles. The summed E-state index contributed by atoms with van der Waals surface area (Å²) in [6.07, 6.45) is 6.07. The van der Waals surface area contributed by atoms with Crippen LogP contribution in [0.3, 0.4) is 0 Å². The summed E-state index contributed by atoms with van der Waals surface area (Å²) in [5.41, 5.74) is -0.530. The number of alkyl carbamates (subject to hydrolysis) is 1. The van der Waals surface area contributed by atoms with Crippen molar-refractivity contribution < 1.29 is 14.3 Å². The fraction of sp³-hybridized carbons (Fsp3) is 0.889. The summed E-state index contributed by atoms with van der Waals surface area (Å²) in [6.45, 7) is 10.1. The molecule has 3 N–H and O–H groups in total. The number of hydrogen-bond acceptors (Lipinski definition) is 3. The van der Waals surface area contributed by atoms with Crippen molar-refractivity contribution in [1.29, 1.82) is 0 Å². The molecule has 140 valence electrons. The predicted octanol–water partition coefficient (Wildman–Crippen LogP) is 3.56. The first kappa shape index (κ1) is 20.6. The third kappa shape index (κ3) is 9.63. The Hall–Kier alpha value is -1.46. The van der Waals surface area contributed by atoms with Gasteiger partial charge in [0.25, 0.3) is 0 Å². The van der Waals surface area contributed by atoms with E-state index in [4.69, 9.17) is 4.74 Å². The van der Waals surface area contributed by atoms with E-state index in [1.165, 1.54) is 19.3 Å². The number of carbonyl (C=O) groups is 2. The monoisotopic (exact) mass is 341 g/mol. The van der Waals surface area contributed by atoms with Gasteiger partial charge in [-0.05, 0) is 46.0 Å². The molecule has 0 aliphatic heterocycles. The molecule has 0 bridgehead atoms. The maximum absolute atomic E-state index is 12.0. The van der Waals surface area contributed by atoms with Gasteiger partial charge in [0, 0.05) is 18.6 Å². The lowest BCUT2D eigenvalue weighted by Gasteiger charge is -2.26.